The highest BCUT2D eigenvalue weighted by molar-refractivity contribution is 5.24. The molecule has 2 aromatic heterocycles. The summed E-state index contributed by atoms with van der Waals surface area (Å²) in [6.45, 7) is -0.747. The fourth-order valence-electron chi connectivity index (χ4n) is 3.73. The molecule has 2 aromatic rings. The van der Waals surface area contributed by atoms with Gasteiger partial charge in [-0.2, -0.15) is 10.1 Å². The monoisotopic (exact) mass is 416 g/mol. The first-order valence-electron chi connectivity index (χ1n) is 9.62. The lowest BCUT2D eigenvalue weighted by Gasteiger charge is -2.34. The van der Waals surface area contributed by atoms with Crippen molar-refractivity contribution < 1.29 is 26.7 Å². The van der Waals surface area contributed by atoms with Crippen LogP contribution in [0, 0.1) is 5.92 Å². The van der Waals surface area contributed by atoms with E-state index in [4.69, 9.17) is 4.74 Å². The molecule has 10 heteroatoms. The molecule has 0 radical (unpaired) electrons. The minimum atomic E-state index is -2.73. The molecule has 0 aromatic carbocycles. The summed E-state index contributed by atoms with van der Waals surface area (Å²) in [7, 11) is 0. The van der Waals surface area contributed by atoms with Crippen LogP contribution in [0.5, 0.6) is 5.88 Å². The van der Waals surface area contributed by atoms with Gasteiger partial charge in [-0.1, -0.05) is 0 Å². The molecule has 2 fully saturated rings. The fraction of sp³-hybridized carbons (Fsp3) is 0.632. The van der Waals surface area contributed by atoms with Gasteiger partial charge < -0.3 is 4.74 Å². The van der Waals surface area contributed by atoms with Crippen molar-refractivity contribution >= 4 is 0 Å². The van der Waals surface area contributed by atoms with Gasteiger partial charge in [0.25, 0.3) is 11.9 Å². The Bertz CT molecular complexity index is 854. The van der Waals surface area contributed by atoms with E-state index in [0.717, 1.165) is 0 Å². The van der Waals surface area contributed by atoms with Crippen LogP contribution in [0.1, 0.15) is 49.9 Å². The van der Waals surface area contributed by atoms with E-state index in [9.17, 15) is 22.0 Å². The maximum atomic E-state index is 13.4. The van der Waals surface area contributed by atoms with Crippen molar-refractivity contribution in [3.63, 3.8) is 0 Å². The number of aromatic nitrogens is 4. The molecule has 29 heavy (non-hydrogen) atoms. The molecule has 0 bridgehead atoms. The molecule has 4 rings (SSSR count). The zero-order chi connectivity index (χ0) is 20.6. The van der Waals surface area contributed by atoms with Gasteiger partial charge >= 0.3 is 0 Å². The molecule has 0 N–H and O–H groups in total. The molecule has 158 valence electrons. The van der Waals surface area contributed by atoms with Crippen LogP contribution in [0.4, 0.5) is 22.0 Å². The second-order valence-corrected chi connectivity index (χ2v) is 7.89. The average molecular weight is 416 g/mol. The van der Waals surface area contributed by atoms with Crippen molar-refractivity contribution in [2.45, 2.75) is 69.6 Å². The predicted octanol–water partition coefficient (Wildman–Crippen LogP) is 4.68. The number of nitrogens with zero attached hydrogens (tertiary/aromatic N) is 4. The van der Waals surface area contributed by atoms with E-state index in [1.54, 1.807) is 6.07 Å². The average Bonchev–Trinajstić information content (AvgIpc) is 3.11. The summed E-state index contributed by atoms with van der Waals surface area (Å²) in [6.07, 6.45) is 0.977. The largest absolute Gasteiger partial charge is 0.474 e. The molecule has 5 nitrogen and oxygen atoms in total. The van der Waals surface area contributed by atoms with Gasteiger partial charge in [0, 0.05) is 37.9 Å². The number of hydrogen-bond acceptors (Lipinski definition) is 4. The van der Waals surface area contributed by atoms with E-state index in [1.807, 2.05) is 0 Å². The highest BCUT2D eigenvalue weighted by atomic mass is 19.3. The predicted molar refractivity (Wildman–Crippen MR) is 93.2 cm³/mol. The van der Waals surface area contributed by atoms with Gasteiger partial charge in [-0.3, -0.25) is 0 Å². The molecule has 0 aliphatic heterocycles. The van der Waals surface area contributed by atoms with Crippen LogP contribution in [0.2, 0.25) is 0 Å². The number of ether oxygens (including phenoxy) is 1. The normalized spacial score (nSPS) is 21.7. The van der Waals surface area contributed by atoms with E-state index >= 15 is 0 Å². The zero-order valence-electron chi connectivity index (χ0n) is 15.6. The van der Waals surface area contributed by atoms with Gasteiger partial charge in [-0.15, -0.1) is 0 Å². The smallest absolute Gasteiger partial charge is 0.255 e. The molecule has 0 atom stereocenters. The van der Waals surface area contributed by atoms with Gasteiger partial charge in [0.15, 0.2) is 0 Å². The van der Waals surface area contributed by atoms with E-state index in [2.05, 4.69) is 15.1 Å². The van der Waals surface area contributed by atoms with Gasteiger partial charge in [-0.25, -0.2) is 31.6 Å². The Morgan fingerprint density at radius 1 is 1.03 bits per heavy atom. The first-order chi connectivity index (χ1) is 13.7. The summed E-state index contributed by atoms with van der Waals surface area (Å²) in [5, 5.41) is 4.03. The third-order valence-electron chi connectivity index (χ3n) is 5.40. The van der Waals surface area contributed by atoms with Crippen LogP contribution >= 0.6 is 0 Å². The first kappa shape index (κ1) is 20.0. The van der Waals surface area contributed by atoms with E-state index in [-0.39, 0.29) is 49.1 Å². The fourth-order valence-corrected chi connectivity index (χ4v) is 3.73. The number of hydrogen-bond donors (Lipinski definition) is 0. The Morgan fingerprint density at radius 3 is 2.38 bits per heavy atom. The summed E-state index contributed by atoms with van der Waals surface area (Å²) >= 11 is 0. The maximum absolute atomic E-state index is 13.4. The first-order valence-corrected chi connectivity index (χ1v) is 9.62. The van der Waals surface area contributed by atoms with E-state index < -0.39 is 24.6 Å². The number of alkyl halides is 5. The molecular weight excluding hydrogens is 395 g/mol. The molecule has 2 aliphatic carbocycles. The third-order valence-corrected chi connectivity index (χ3v) is 5.40. The Kier molecular flexibility index (Phi) is 5.20. The minimum absolute atomic E-state index is 0.0392. The van der Waals surface area contributed by atoms with Crippen molar-refractivity contribution in [2.24, 2.45) is 5.92 Å². The topological polar surface area (TPSA) is 52.8 Å². The van der Waals surface area contributed by atoms with Crippen LogP contribution in [-0.2, 0) is 13.1 Å². The lowest BCUT2D eigenvalue weighted by Crippen LogP contribution is -2.43. The Hall–Kier alpha value is -2.26. The quantitative estimate of drug-likeness (QED) is 0.642. The lowest BCUT2D eigenvalue weighted by molar-refractivity contribution is -0.135. The molecule has 2 aliphatic rings. The molecule has 2 saturated carbocycles. The van der Waals surface area contributed by atoms with Gasteiger partial charge in [-0.05, 0) is 31.2 Å². The number of rotatable bonds is 6. The van der Waals surface area contributed by atoms with Gasteiger partial charge in [0.1, 0.15) is 12.8 Å². The maximum Gasteiger partial charge on any atom is 0.255 e. The number of halogens is 5. The van der Waals surface area contributed by atoms with Crippen molar-refractivity contribution in [3.05, 3.63) is 29.7 Å². The second-order valence-electron chi connectivity index (χ2n) is 7.89. The van der Waals surface area contributed by atoms with Crippen LogP contribution in [0.3, 0.4) is 0 Å². The third kappa shape index (κ3) is 4.84. The van der Waals surface area contributed by atoms with Gasteiger partial charge in [0.05, 0.1) is 11.4 Å². The highest BCUT2D eigenvalue weighted by Gasteiger charge is 2.47. The summed E-state index contributed by atoms with van der Waals surface area (Å²) in [4.78, 5) is 8.63. The Morgan fingerprint density at radius 2 is 1.76 bits per heavy atom. The molecular formula is C19H21F5N4O. The molecule has 2 heterocycles. The van der Waals surface area contributed by atoms with Crippen LogP contribution in [0.15, 0.2) is 18.3 Å². The van der Waals surface area contributed by atoms with E-state index in [0.29, 0.717) is 25.0 Å². The standard InChI is InChI=1S/C19H21F5N4O/c20-11-13-3-6-28(27-13)17-25-14(7-12-1-4-18(21,22)5-2-12)8-16(26-17)29-15-9-19(23,24)10-15/h3,6,8,12,15H,1-2,4-5,7,9-11H2. The van der Waals surface area contributed by atoms with Crippen molar-refractivity contribution in [3.8, 4) is 11.8 Å². The van der Waals surface area contributed by atoms with Crippen LogP contribution in [0.25, 0.3) is 5.95 Å². The minimum Gasteiger partial charge on any atom is -0.474 e. The van der Waals surface area contributed by atoms with E-state index in [1.165, 1.54) is 16.9 Å². The second kappa shape index (κ2) is 7.53. The van der Waals surface area contributed by atoms with Gasteiger partial charge in [0.2, 0.25) is 11.8 Å². The molecule has 0 amide bonds. The Balaban J connectivity index is 1.54. The van der Waals surface area contributed by atoms with Crippen LogP contribution in [-0.4, -0.2) is 37.7 Å². The highest BCUT2D eigenvalue weighted by Crippen LogP contribution is 2.40. The molecule has 0 spiro atoms. The Labute approximate surface area is 164 Å². The molecule has 0 saturated heterocycles. The summed E-state index contributed by atoms with van der Waals surface area (Å²) < 4.78 is 72.7. The summed E-state index contributed by atoms with van der Waals surface area (Å²) in [5.41, 5.74) is 0.762. The molecule has 0 unspecified atom stereocenters. The van der Waals surface area contributed by atoms with Crippen molar-refractivity contribution in [1.82, 2.24) is 19.7 Å². The zero-order valence-corrected chi connectivity index (χ0v) is 15.6. The lowest BCUT2D eigenvalue weighted by atomic mass is 9.84. The SMILES string of the molecule is FCc1ccn(-c2nc(CC3CCC(F)(F)CC3)cc(OC3CC(F)(F)C3)n2)n1. The summed E-state index contributed by atoms with van der Waals surface area (Å²) in [6, 6.07) is 3.04. The van der Waals surface area contributed by atoms with Crippen molar-refractivity contribution in [1.29, 1.82) is 0 Å². The van der Waals surface area contributed by atoms with Crippen molar-refractivity contribution in [2.75, 3.05) is 0 Å². The van der Waals surface area contributed by atoms with Crippen LogP contribution < -0.4 is 4.74 Å². The summed E-state index contributed by atoms with van der Waals surface area (Å²) in [5.74, 6) is -5.05.